The van der Waals surface area contributed by atoms with E-state index >= 15 is 0 Å². The third-order valence-electron chi connectivity index (χ3n) is 4.20. The fourth-order valence-corrected chi connectivity index (χ4v) is 2.93. The van der Waals surface area contributed by atoms with Crippen LogP contribution >= 0.6 is 0 Å². The molecular formula is C19H28N2. The van der Waals surface area contributed by atoms with Crippen LogP contribution in [0.4, 0.5) is 0 Å². The van der Waals surface area contributed by atoms with Crippen molar-refractivity contribution in [1.29, 1.82) is 0 Å². The molecule has 2 heteroatoms. The molecule has 1 heterocycles. The Balaban J connectivity index is 1.81. The van der Waals surface area contributed by atoms with Crippen LogP contribution in [0.5, 0.6) is 0 Å². The SMILES string of the molecule is CCCCCCCCCC(N)c1cccc2ncccc12. The van der Waals surface area contributed by atoms with Crippen molar-refractivity contribution in [3.63, 3.8) is 0 Å². The summed E-state index contributed by atoms with van der Waals surface area (Å²) in [5, 5.41) is 1.20. The zero-order valence-corrected chi connectivity index (χ0v) is 13.2. The average molecular weight is 284 g/mol. The largest absolute Gasteiger partial charge is 0.324 e. The van der Waals surface area contributed by atoms with Gasteiger partial charge in [-0.3, -0.25) is 4.98 Å². The molecule has 1 aromatic heterocycles. The van der Waals surface area contributed by atoms with Gasteiger partial charge in [-0.1, -0.05) is 70.1 Å². The standard InChI is InChI=1S/C19H28N2/c1-2-3-4-5-6-7-8-13-18(20)16-11-9-14-19-17(16)12-10-15-21-19/h9-12,14-15,18H,2-8,13,20H2,1H3. The Labute approximate surface area is 128 Å². The number of unbranched alkanes of at least 4 members (excludes halogenated alkanes) is 6. The lowest BCUT2D eigenvalue weighted by Gasteiger charge is -2.14. The zero-order valence-electron chi connectivity index (χ0n) is 13.2. The van der Waals surface area contributed by atoms with Crippen LogP contribution < -0.4 is 5.73 Å². The monoisotopic (exact) mass is 284 g/mol. The predicted molar refractivity (Wildman–Crippen MR) is 91.3 cm³/mol. The lowest BCUT2D eigenvalue weighted by molar-refractivity contribution is 0.542. The van der Waals surface area contributed by atoms with E-state index in [1.807, 2.05) is 12.3 Å². The summed E-state index contributed by atoms with van der Waals surface area (Å²) in [5.74, 6) is 0. The van der Waals surface area contributed by atoms with Crippen molar-refractivity contribution in [3.8, 4) is 0 Å². The molecule has 0 saturated carbocycles. The molecule has 2 aromatic rings. The highest BCUT2D eigenvalue weighted by molar-refractivity contribution is 5.82. The molecule has 0 fully saturated rings. The van der Waals surface area contributed by atoms with Gasteiger partial charge >= 0.3 is 0 Å². The van der Waals surface area contributed by atoms with Crippen LogP contribution in [0.1, 0.15) is 69.9 Å². The minimum Gasteiger partial charge on any atom is -0.324 e. The van der Waals surface area contributed by atoms with Gasteiger partial charge in [0.2, 0.25) is 0 Å². The van der Waals surface area contributed by atoms with Crippen molar-refractivity contribution in [1.82, 2.24) is 4.98 Å². The van der Waals surface area contributed by atoms with Gasteiger partial charge in [0.25, 0.3) is 0 Å². The predicted octanol–water partition coefficient (Wildman–Crippen LogP) is 5.38. The van der Waals surface area contributed by atoms with E-state index in [2.05, 4.69) is 36.2 Å². The first kappa shape index (κ1) is 16.0. The second-order valence-corrected chi connectivity index (χ2v) is 5.93. The molecule has 2 nitrogen and oxygen atoms in total. The summed E-state index contributed by atoms with van der Waals surface area (Å²) in [6.07, 6.45) is 12.3. The van der Waals surface area contributed by atoms with Crippen LogP contribution in [0.25, 0.3) is 10.9 Å². The van der Waals surface area contributed by atoms with Gasteiger partial charge in [-0.2, -0.15) is 0 Å². The van der Waals surface area contributed by atoms with Crippen molar-refractivity contribution < 1.29 is 0 Å². The van der Waals surface area contributed by atoms with Gasteiger partial charge in [0.1, 0.15) is 0 Å². The molecule has 0 aliphatic rings. The van der Waals surface area contributed by atoms with Crippen LogP contribution in [-0.4, -0.2) is 4.98 Å². The van der Waals surface area contributed by atoms with Gasteiger partial charge in [0.15, 0.2) is 0 Å². The quantitative estimate of drug-likeness (QED) is 0.628. The summed E-state index contributed by atoms with van der Waals surface area (Å²) in [5.41, 5.74) is 8.68. The first-order valence-corrected chi connectivity index (χ1v) is 8.42. The van der Waals surface area contributed by atoms with E-state index < -0.39 is 0 Å². The van der Waals surface area contributed by atoms with E-state index in [4.69, 9.17) is 5.73 Å². The highest BCUT2D eigenvalue weighted by atomic mass is 14.7. The second-order valence-electron chi connectivity index (χ2n) is 5.93. The molecule has 1 atom stereocenters. The number of hydrogen-bond acceptors (Lipinski definition) is 2. The zero-order chi connectivity index (χ0) is 14.9. The van der Waals surface area contributed by atoms with Crippen molar-refractivity contribution >= 4 is 10.9 Å². The van der Waals surface area contributed by atoms with Gasteiger partial charge in [0.05, 0.1) is 5.52 Å². The maximum absolute atomic E-state index is 6.40. The lowest BCUT2D eigenvalue weighted by atomic mass is 9.97. The maximum atomic E-state index is 6.40. The Kier molecular flexibility index (Phi) is 6.68. The molecule has 1 aromatic carbocycles. The summed E-state index contributed by atoms with van der Waals surface area (Å²) >= 11 is 0. The van der Waals surface area contributed by atoms with Gasteiger partial charge < -0.3 is 5.73 Å². The van der Waals surface area contributed by atoms with Crippen LogP contribution in [-0.2, 0) is 0 Å². The third-order valence-corrected chi connectivity index (χ3v) is 4.20. The van der Waals surface area contributed by atoms with Crippen LogP contribution in [0, 0.1) is 0 Å². The highest BCUT2D eigenvalue weighted by Crippen LogP contribution is 2.25. The Hall–Kier alpha value is -1.41. The number of nitrogens with two attached hydrogens (primary N) is 1. The number of pyridine rings is 1. The lowest BCUT2D eigenvalue weighted by Crippen LogP contribution is -2.10. The van der Waals surface area contributed by atoms with E-state index in [1.54, 1.807) is 0 Å². The average Bonchev–Trinajstić information content (AvgIpc) is 2.53. The molecule has 1 unspecified atom stereocenters. The van der Waals surface area contributed by atoms with Gasteiger partial charge in [-0.05, 0) is 24.1 Å². The molecule has 0 bridgehead atoms. The molecule has 114 valence electrons. The molecule has 0 saturated heterocycles. The first-order valence-electron chi connectivity index (χ1n) is 8.42. The third kappa shape index (κ3) is 4.82. The molecule has 2 rings (SSSR count). The molecule has 0 aliphatic heterocycles. The van der Waals surface area contributed by atoms with E-state index in [0.717, 1.165) is 11.9 Å². The number of nitrogens with zero attached hydrogens (tertiary/aromatic N) is 1. The molecule has 0 spiro atoms. The van der Waals surface area contributed by atoms with Gasteiger partial charge in [-0.15, -0.1) is 0 Å². The van der Waals surface area contributed by atoms with Gasteiger partial charge in [0, 0.05) is 17.6 Å². The van der Waals surface area contributed by atoms with E-state index in [0.29, 0.717) is 0 Å². The van der Waals surface area contributed by atoms with Crippen LogP contribution in [0.2, 0.25) is 0 Å². The number of benzene rings is 1. The number of rotatable bonds is 9. The van der Waals surface area contributed by atoms with E-state index in [9.17, 15) is 0 Å². The molecule has 0 amide bonds. The van der Waals surface area contributed by atoms with Crippen molar-refractivity contribution in [3.05, 3.63) is 42.1 Å². The topological polar surface area (TPSA) is 38.9 Å². The highest BCUT2D eigenvalue weighted by Gasteiger charge is 2.09. The van der Waals surface area contributed by atoms with Gasteiger partial charge in [-0.25, -0.2) is 0 Å². The minimum atomic E-state index is 0.133. The molecule has 0 radical (unpaired) electrons. The van der Waals surface area contributed by atoms with Crippen LogP contribution in [0.15, 0.2) is 36.5 Å². The second kappa shape index (κ2) is 8.78. The summed E-state index contributed by atoms with van der Waals surface area (Å²) in [6.45, 7) is 2.26. The molecule has 21 heavy (non-hydrogen) atoms. The number of fused-ring (bicyclic) bond motifs is 1. The van der Waals surface area contributed by atoms with E-state index in [1.165, 1.54) is 55.9 Å². The fraction of sp³-hybridized carbons (Fsp3) is 0.526. The molecule has 2 N–H and O–H groups in total. The normalized spacial score (nSPS) is 12.7. The number of aromatic nitrogens is 1. The van der Waals surface area contributed by atoms with Crippen molar-refractivity contribution in [2.75, 3.05) is 0 Å². The Morgan fingerprint density at radius 3 is 2.52 bits per heavy atom. The van der Waals surface area contributed by atoms with E-state index in [-0.39, 0.29) is 6.04 Å². The van der Waals surface area contributed by atoms with Crippen molar-refractivity contribution in [2.24, 2.45) is 5.73 Å². The van der Waals surface area contributed by atoms with Crippen LogP contribution in [0.3, 0.4) is 0 Å². The Morgan fingerprint density at radius 1 is 0.952 bits per heavy atom. The smallest absolute Gasteiger partial charge is 0.0705 e. The summed E-state index contributed by atoms with van der Waals surface area (Å²) < 4.78 is 0. The molecular weight excluding hydrogens is 256 g/mol. The maximum Gasteiger partial charge on any atom is 0.0705 e. The Bertz CT molecular complexity index is 531. The fourth-order valence-electron chi connectivity index (χ4n) is 2.93. The summed E-state index contributed by atoms with van der Waals surface area (Å²) in [6, 6.07) is 10.5. The molecule has 0 aliphatic carbocycles. The first-order chi connectivity index (χ1) is 10.3. The Morgan fingerprint density at radius 2 is 1.71 bits per heavy atom. The summed E-state index contributed by atoms with van der Waals surface area (Å²) in [7, 11) is 0. The summed E-state index contributed by atoms with van der Waals surface area (Å²) in [4.78, 5) is 4.41. The van der Waals surface area contributed by atoms with Crippen molar-refractivity contribution in [2.45, 2.75) is 64.3 Å². The minimum absolute atomic E-state index is 0.133. The number of hydrogen-bond donors (Lipinski definition) is 1.